The van der Waals surface area contributed by atoms with Gasteiger partial charge in [0.25, 0.3) is 11.8 Å². The van der Waals surface area contributed by atoms with Crippen molar-refractivity contribution in [3.8, 4) is 34.3 Å². The molecule has 2 aromatic carbocycles. The van der Waals surface area contributed by atoms with Crippen molar-refractivity contribution in [1.82, 2.24) is 40.4 Å². The number of fused-ring (bicyclic) bond motifs is 1. The Labute approximate surface area is 237 Å². The number of aromatic nitrogens is 8. The SMILES string of the molecule is CCCCc1nc2c(OC(=O)C3CCCCC3)nnc(O)c2n1Cc1ccc(-c2ccccc2-c2nnn[nH]2)cc1. The van der Waals surface area contributed by atoms with Crippen molar-refractivity contribution in [2.75, 3.05) is 0 Å². The third kappa shape index (κ3) is 5.52. The summed E-state index contributed by atoms with van der Waals surface area (Å²) in [5.74, 6) is 0.770. The summed E-state index contributed by atoms with van der Waals surface area (Å²) in [7, 11) is 0. The lowest BCUT2D eigenvalue weighted by Crippen LogP contribution is -2.23. The van der Waals surface area contributed by atoms with Crippen LogP contribution in [-0.2, 0) is 17.8 Å². The van der Waals surface area contributed by atoms with Gasteiger partial charge in [-0.2, -0.15) is 0 Å². The first-order valence-corrected chi connectivity index (χ1v) is 14.2. The maximum Gasteiger partial charge on any atom is 0.315 e. The number of carbonyl (C=O) groups excluding carboxylic acids is 1. The molecule has 6 rings (SSSR count). The van der Waals surface area contributed by atoms with Crippen molar-refractivity contribution in [3.63, 3.8) is 0 Å². The molecule has 3 heterocycles. The zero-order chi connectivity index (χ0) is 28.2. The number of hydrogen-bond donors (Lipinski definition) is 2. The minimum atomic E-state index is -0.298. The first kappa shape index (κ1) is 26.5. The number of H-pyrrole nitrogens is 1. The molecule has 0 unspecified atom stereocenters. The quantitative estimate of drug-likeness (QED) is 0.234. The average molecular weight is 553 g/mol. The summed E-state index contributed by atoms with van der Waals surface area (Å²) in [4.78, 5) is 17.7. The fraction of sp³-hybridized carbons (Fsp3) is 0.367. The van der Waals surface area contributed by atoms with Crippen molar-refractivity contribution in [2.45, 2.75) is 64.8 Å². The van der Waals surface area contributed by atoms with E-state index in [0.29, 0.717) is 29.8 Å². The Morgan fingerprint density at radius 2 is 1.80 bits per heavy atom. The Hall–Kier alpha value is -4.67. The van der Waals surface area contributed by atoms with Crippen LogP contribution in [-0.4, -0.2) is 51.4 Å². The number of hydrogen-bond acceptors (Lipinski definition) is 9. The normalized spacial score (nSPS) is 14.0. The van der Waals surface area contributed by atoms with Crippen LogP contribution in [0.5, 0.6) is 11.8 Å². The van der Waals surface area contributed by atoms with E-state index in [1.165, 1.54) is 0 Å². The summed E-state index contributed by atoms with van der Waals surface area (Å²) in [5.41, 5.74) is 4.73. The molecule has 1 aliphatic rings. The molecule has 0 spiro atoms. The minimum Gasteiger partial charge on any atom is -0.491 e. The maximum atomic E-state index is 12.9. The molecule has 0 saturated heterocycles. The number of nitrogens with zero attached hydrogens (tertiary/aromatic N) is 7. The number of carbonyl (C=O) groups is 1. The number of aromatic hydroxyl groups is 1. The summed E-state index contributed by atoms with van der Waals surface area (Å²) in [6, 6.07) is 16.2. The standard InChI is InChI=1S/C30H32N8O3/c1-2-3-13-24-31-25-26(28(39)34-35-29(25)41-30(40)21-9-5-4-6-10-21)38(24)18-19-14-16-20(17-15-19)22-11-7-8-12-23(22)27-32-36-37-33-27/h7-8,11-12,14-17,21H,2-6,9-10,13,18H2,1H3,(H,34,39)(H,32,33,36,37). The van der Waals surface area contributed by atoms with Crippen LogP contribution in [0.2, 0.25) is 0 Å². The predicted molar refractivity (Wildman–Crippen MR) is 152 cm³/mol. The molecule has 41 heavy (non-hydrogen) atoms. The van der Waals surface area contributed by atoms with E-state index in [-0.39, 0.29) is 23.6 Å². The predicted octanol–water partition coefficient (Wildman–Crippen LogP) is 5.26. The number of esters is 1. The van der Waals surface area contributed by atoms with Gasteiger partial charge in [0.15, 0.2) is 11.3 Å². The number of unbranched alkanes of at least 4 members (excludes halogenated alkanes) is 1. The zero-order valence-corrected chi connectivity index (χ0v) is 23.0. The van der Waals surface area contributed by atoms with Gasteiger partial charge in [-0.3, -0.25) is 4.79 Å². The Bertz CT molecular complexity index is 1640. The molecule has 210 valence electrons. The van der Waals surface area contributed by atoms with Crippen LogP contribution in [0.3, 0.4) is 0 Å². The van der Waals surface area contributed by atoms with Crippen LogP contribution in [0.1, 0.15) is 63.3 Å². The van der Waals surface area contributed by atoms with E-state index in [9.17, 15) is 9.90 Å². The molecular weight excluding hydrogens is 520 g/mol. The van der Waals surface area contributed by atoms with Gasteiger partial charge in [0, 0.05) is 18.5 Å². The minimum absolute atomic E-state index is 0.0544. The van der Waals surface area contributed by atoms with Crippen LogP contribution in [0.4, 0.5) is 0 Å². The van der Waals surface area contributed by atoms with Gasteiger partial charge >= 0.3 is 5.97 Å². The number of nitrogens with one attached hydrogen (secondary N) is 1. The number of rotatable bonds is 9. The van der Waals surface area contributed by atoms with E-state index in [1.54, 1.807) is 0 Å². The fourth-order valence-corrected chi connectivity index (χ4v) is 5.53. The van der Waals surface area contributed by atoms with E-state index < -0.39 is 0 Å². The summed E-state index contributed by atoms with van der Waals surface area (Å²) in [6.45, 7) is 2.58. The topological polar surface area (TPSA) is 145 Å². The molecular formula is C30H32N8O3. The van der Waals surface area contributed by atoms with Crippen molar-refractivity contribution in [1.29, 1.82) is 0 Å². The summed E-state index contributed by atoms with van der Waals surface area (Å²) in [6.07, 6.45) is 7.45. The highest BCUT2D eigenvalue weighted by molar-refractivity contribution is 5.87. The lowest BCUT2D eigenvalue weighted by molar-refractivity contribution is -0.140. The molecule has 11 heteroatoms. The highest BCUT2D eigenvalue weighted by Gasteiger charge is 2.27. The number of imidazole rings is 1. The lowest BCUT2D eigenvalue weighted by Gasteiger charge is -2.19. The van der Waals surface area contributed by atoms with E-state index in [2.05, 4.69) is 62.0 Å². The molecule has 5 aromatic rings. The van der Waals surface area contributed by atoms with Gasteiger partial charge in [0.2, 0.25) is 0 Å². The monoisotopic (exact) mass is 552 g/mol. The third-order valence-corrected chi connectivity index (χ3v) is 7.72. The third-order valence-electron chi connectivity index (χ3n) is 7.72. The molecule has 0 atom stereocenters. The Kier molecular flexibility index (Phi) is 7.66. The van der Waals surface area contributed by atoms with Crippen molar-refractivity contribution in [2.24, 2.45) is 5.92 Å². The van der Waals surface area contributed by atoms with Gasteiger partial charge in [0.1, 0.15) is 11.3 Å². The molecule has 3 aromatic heterocycles. The van der Waals surface area contributed by atoms with Crippen LogP contribution in [0.15, 0.2) is 48.5 Å². The average Bonchev–Trinajstić information content (AvgIpc) is 3.68. The second-order valence-electron chi connectivity index (χ2n) is 10.5. The largest absolute Gasteiger partial charge is 0.491 e. The van der Waals surface area contributed by atoms with Crippen molar-refractivity contribution in [3.05, 3.63) is 59.9 Å². The zero-order valence-electron chi connectivity index (χ0n) is 23.0. The number of aromatic amines is 1. The highest BCUT2D eigenvalue weighted by atomic mass is 16.5. The summed E-state index contributed by atoms with van der Waals surface area (Å²) in [5, 5.41) is 33.1. The molecule has 2 N–H and O–H groups in total. The number of benzene rings is 2. The van der Waals surface area contributed by atoms with E-state index >= 15 is 0 Å². The van der Waals surface area contributed by atoms with E-state index in [0.717, 1.165) is 73.0 Å². The summed E-state index contributed by atoms with van der Waals surface area (Å²) < 4.78 is 7.69. The molecule has 11 nitrogen and oxygen atoms in total. The molecule has 1 aliphatic carbocycles. The second kappa shape index (κ2) is 11.8. The first-order chi connectivity index (χ1) is 20.1. The molecule has 0 aliphatic heterocycles. The Balaban J connectivity index is 1.32. The lowest BCUT2D eigenvalue weighted by atomic mass is 9.89. The maximum absolute atomic E-state index is 12.9. The van der Waals surface area contributed by atoms with Crippen LogP contribution < -0.4 is 4.74 Å². The smallest absolute Gasteiger partial charge is 0.315 e. The van der Waals surface area contributed by atoms with E-state index in [1.807, 2.05) is 28.8 Å². The van der Waals surface area contributed by atoms with Gasteiger partial charge in [-0.1, -0.05) is 81.1 Å². The van der Waals surface area contributed by atoms with E-state index in [4.69, 9.17) is 9.72 Å². The van der Waals surface area contributed by atoms with Gasteiger partial charge in [-0.05, 0) is 46.4 Å². The molecule has 0 radical (unpaired) electrons. The van der Waals surface area contributed by atoms with Crippen molar-refractivity contribution >= 4 is 17.0 Å². The van der Waals surface area contributed by atoms with Gasteiger partial charge in [-0.15, -0.1) is 15.3 Å². The molecule has 0 bridgehead atoms. The Morgan fingerprint density at radius 1 is 1.02 bits per heavy atom. The second-order valence-corrected chi connectivity index (χ2v) is 10.5. The fourth-order valence-electron chi connectivity index (χ4n) is 5.53. The molecule has 0 amide bonds. The van der Waals surface area contributed by atoms with Crippen LogP contribution in [0, 0.1) is 5.92 Å². The molecule has 1 saturated carbocycles. The number of tetrazole rings is 1. The Morgan fingerprint density at radius 3 is 2.54 bits per heavy atom. The van der Waals surface area contributed by atoms with Gasteiger partial charge in [-0.25, -0.2) is 10.1 Å². The van der Waals surface area contributed by atoms with Crippen LogP contribution >= 0.6 is 0 Å². The molecule has 1 fully saturated rings. The first-order valence-electron chi connectivity index (χ1n) is 14.2. The van der Waals surface area contributed by atoms with Crippen LogP contribution in [0.25, 0.3) is 33.5 Å². The summed E-state index contributed by atoms with van der Waals surface area (Å²) >= 11 is 0. The number of aryl methyl sites for hydroxylation is 1. The van der Waals surface area contributed by atoms with Gasteiger partial charge < -0.3 is 14.4 Å². The van der Waals surface area contributed by atoms with Crippen molar-refractivity contribution < 1.29 is 14.6 Å². The van der Waals surface area contributed by atoms with Gasteiger partial charge in [0.05, 0.1) is 5.92 Å². The highest BCUT2D eigenvalue weighted by Crippen LogP contribution is 2.33. The number of ether oxygens (including phenoxy) is 1.